The number of halogens is 2. The van der Waals surface area contributed by atoms with Gasteiger partial charge in [-0.3, -0.25) is 9.69 Å². The van der Waals surface area contributed by atoms with Gasteiger partial charge in [0.1, 0.15) is 12.6 Å². The quantitative estimate of drug-likeness (QED) is 0.611. The maximum absolute atomic E-state index is 13.1. The second-order valence-electron chi connectivity index (χ2n) is 7.03. The van der Waals surface area contributed by atoms with Crippen LogP contribution in [-0.4, -0.2) is 23.4 Å². The second-order valence-corrected chi connectivity index (χ2v) is 7.90. The van der Waals surface area contributed by atoms with E-state index in [9.17, 15) is 9.59 Å². The maximum Gasteiger partial charge on any atom is 0.412 e. The number of rotatable bonds is 5. The van der Waals surface area contributed by atoms with E-state index in [-0.39, 0.29) is 6.54 Å². The van der Waals surface area contributed by atoms with Gasteiger partial charge in [0, 0.05) is 21.2 Å². The van der Waals surface area contributed by atoms with E-state index in [1.165, 1.54) is 4.90 Å². The highest BCUT2D eigenvalue weighted by Crippen LogP contribution is 2.52. The number of hydrogen-bond acceptors (Lipinski definition) is 3. The van der Waals surface area contributed by atoms with Gasteiger partial charge in [-0.1, -0.05) is 77.8 Å². The van der Waals surface area contributed by atoms with Crippen LogP contribution in [-0.2, 0) is 15.1 Å². The number of cyclic esters (lactones) is 1. The summed E-state index contributed by atoms with van der Waals surface area (Å²) in [7, 11) is 0. The Balaban J connectivity index is 2.04. The van der Waals surface area contributed by atoms with Gasteiger partial charge in [0.2, 0.25) is 5.91 Å². The molecule has 1 aliphatic heterocycles. The minimum Gasteiger partial charge on any atom is -0.430 e. The van der Waals surface area contributed by atoms with Crippen molar-refractivity contribution in [1.29, 1.82) is 0 Å². The molecule has 0 radical (unpaired) electrons. The fourth-order valence-electron chi connectivity index (χ4n) is 3.99. The van der Waals surface area contributed by atoms with Crippen LogP contribution in [0.3, 0.4) is 0 Å². The summed E-state index contributed by atoms with van der Waals surface area (Å²) >= 11 is 12.6. The average molecular weight is 441 g/mol. The Morgan fingerprint density at radius 1 is 0.933 bits per heavy atom. The van der Waals surface area contributed by atoms with Crippen molar-refractivity contribution in [2.75, 3.05) is 6.54 Å². The molecule has 2 amide bonds. The molecule has 4 rings (SSSR count). The van der Waals surface area contributed by atoms with Gasteiger partial charge in [-0.2, -0.15) is 0 Å². The van der Waals surface area contributed by atoms with Crippen molar-refractivity contribution in [2.45, 2.75) is 11.6 Å². The van der Waals surface area contributed by atoms with Crippen LogP contribution >= 0.6 is 23.2 Å². The highest BCUT2D eigenvalue weighted by Gasteiger charge is 2.57. The monoisotopic (exact) mass is 440 g/mol. The number of ether oxygens (including phenoxy) is 1. The first kappa shape index (κ1) is 20.3. The first-order valence-corrected chi connectivity index (χ1v) is 10.0. The summed E-state index contributed by atoms with van der Waals surface area (Å²) in [6.45, 7) is -0.290. The minimum atomic E-state index is -1.29. The molecule has 1 fully saturated rings. The van der Waals surface area contributed by atoms with Gasteiger partial charge in [-0.25, -0.2) is 4.79 Å². The Morgan fingerprint density at radius 3 is 2.00 bits per heavy atom. The van der Waals surface area contributed by atoms with Crippen molar-refractivity contribution in [3.63, 3.8) is 0 Å². The number of hydrogen-bond donors (Lipinski definition) is 1. The molecule has 7 heteroatoms. The van der Waals surface area contributed by atoms with Gasteiger partial charge in [-0.15, -0.1) is 0 Å². The summed E-state index contributed by atoms with van der Waals surface area (Å²) in [6.07, 6.45) is -0.650. The third-order valence-corrected chi connectivity index (χ3v) is 5.60. The zero-order valence-corrected chi connectivity index (χ0v) is 17.3. The Bertz CT molecular complexity index is 1060. The van der Waals surface area contributed by atoms with E-state index in [1.807, 2.05) is 42.5 Å². The molecule has 3 aromatic rings. The highest BCUT2D eigenvalue weighted by atomic mass is 35.5. The third-order valence-electron chi connectivity index (χ3n) is 5.13. The lowest BCUT2D eigenvalue weighted by atomic mass is 9.77. The van der Waals surface area contributed by atoms with Gasteiger partial charge in [0.05, 0.1) is 0 Å². The van der Waals surface area contributed by atoms with Crippen LogP contribution in [0.2, 0.25) is 10.0 Å². The maximum atomic E-state index is 13.1. The topological polar surface area (TPSA) is 72.6 Å². The number of benzene rings is 3. The van der Waals surface area contributed by atoms with Crippen molar-refractivity contribution in [2.24, 2.45) is 5.73 Å². The Labute approximate surface area is 184 Å². The van der Waals surface area contributed by atoms with Gasteiger partial charge < -0.3 is 10.5 Å². The van der Waals surface area contributed by atoms with E-state index < -0.39 is 23.6 Å². The molecule has 1 aliphatic rings. The van der Waals surface area contributed by atoms with E-state index in [0.29, 0.717) is 21.2 Å². The molecule has 5 nitrogen and oxygen atoms in total. The molecular weight excluding hydrogens is 423 g/mol. The zero-order valence-electron chi connectivity index (χ0n) is 15.8. The molecule has 1 saturated heterocycles. The Kier molecular flexibility index (Phi) is 5.41. The van der Waals surface area contributed by atoms with Crippen molar-refractivity contribution >= 4 is 35.2 Å². The minimum absolute atomic E-state index is 0.290. The van der Waals surface area contributed by atoms with Crippen LogP contribution in [0.15, 0.2) is 78.9 Å². The number of amides is 2. The lowest BCUT2D eigenvalue weighted by Crippen LogP contribution is -2.41. The summed E-state index contributed by atoms with van der Waals surface area (Å²) in [5.41, 5.74) is 6.27. The Hall–Kier alpha value is -3.02. The van der Waals surface area contributed by atoms with Crippen LogP contribution < -0.4 is 5.73 Å². The summed E-state index contributed by atoms with van der Waals surface area (Å²) < 4.78 is 6.07. The third kappa shape index (κ3) is 3.51. The van der Waals surface area contributed by atoms with Crippen LogP contribution in [0.4, 0.5) is 4.79 Å². The normalized spacial score (nSPS) is 17.6. The fourth-order valence-corrected chi connectivity index (χ4v) is 4.37. The molecule has 0 bridgehead atoms. The molecule has 0 aliphatic carbocycles. The van der Waals surface area contributed by atoms with E-state index in [1.54, 1.807) is 36.4 Å². The van der Waals surface area contributed by atoms with Crippen LogP contribution in [0.5, 0.6) is 0 Å². The molecule has 1 unspecified atom stereocenters. The number of primary amides is 1. The number of carbonyl (C=O) groups is 2. The van der Waals surface area contributed by atoms with E-state index in [2.05, 4.69) is 0 Å². The summed E-state index contributed by atoms with van der Waals surface area (Å²) in [4.78, 5) is 26.2. The Morgan fingerprint density at radius 2 is 1.50 bits per heavy atom. The largest absolute Gasteiger partial charge is 0.430 e. The molecule has 1 heterocycles. The highest BCUT2D eigenvalue weighted by molar-refractivity contribution is 6.31. The van der Waals surface area contributed by atoms with Crippen molar-refractivity contribution in [3.8, 4) is 0 Å². The standard InChI is InChI=1S/C23H18Cl2N2O3/c24-18-10-4-8-16(12-18)23(17-9-5-11-19(25)13-17)21(15-6-2-1-3-7-15)27(14-20(26)28)22(29)30-23/h1-13,21H,14H2,(H2,26,28). The predicted octanol–water partition coefficient (Wildman–Crippen LogP) is 4.92. The molecule has 152 valence electrons. The van der Waals surface area contributed by atoms with Crippen LogP contribution in [0.25, 0.3) is 0 Å². The summed E-state index contributed by atoms with van der Waals surface area (Å²) in [5.74, 6) is -0.638. The number of nitrogens with zero attached hydrogens (tertiary/aromatic N) is 1. The average Bonchev–Trinajstić information content (AvgIpc) is 3.01. The zero-order chi connectivity index (χ0) is 21.3. The van der Waals surface area contributed by atoms with E-state index >= 15 is 0 Å². The lowest BCUT2D eigenvalue weighted by molar-refractivity contribution is -0.118. The molecular formula is C23H18Cl2N2O3. The predicted molar refractivity (Wildman–Crippen MR) is 115 cm³/mol. The lowest BCUT2D eigenvalue weighted by Gasteiger charge is -2.36. The molecule has 0 aromatic heterocycles. The summed E-state index contributed by atoms with van der Waals surface area (Å²) in [5, 5.41) is 0.982. The first-order chi connectivity index (χ1) is 14.4. The van der Waals surface area contributed by atoms with Crippen molar-refractivity contribution in [1.82, 2.24) is 4.90 Å². The van der Waals surface area contributed by atoms with Gasteiger partial charge >= 0.3 is 6.09 Å². The molecule has 1 atom stereocenters. The van der Waals surface area contributed by atoms with Gasteiger partial charge in [0.15, 0.2) is 5.60 Å². The molecule has 2 N–H and O–H groups in total. The molecule has 3 aromatic carbocycles. The van der Waals surface area contributed by atoms with E-state index in [4.69, 9.17) is 33.7 Å². The molecule has 0 spiro atoms. The summed E-state index contributed by atoms with van der Waals surface area (Å²) in [6, 6.07) is 22.9. The molecule has 30 heavy (non-hydrogen) atoms. The van der Waals surface area contributed by atoms with Gasteiger partial charge in [0.25, 0.3) is 0 Å². The van der Waals surface area contributed by atoms with Crippen LogP contribution in [0.1, 0.15) is 22.7 Å². The van der Waals surface area contributed by atoms with E-state index in [0.717, 1.165) is 5.56 Å². The first-order valence-electron chi connectivity index (χ1n) is 9.27. The SMILES string of the molecule is NC(=O)CN1C(=O)OC(c2cccc(Cl)c2)(c2cccc(Cl)c2)C1c1ccccc1. The van der Waals surface area contributed by atoms with Crippen LogP contribution in [0, 0.1) is 0 Å². The number of nitrogens with two attached hydrogens (primary N) is 1. The van der Waals surface area contributed by atoms with Crippen molar-refractivity contribution < 1.29 is 14.3 Å². The fraction of sp³-hybridized carbons (Fsp3) is 0.130. The van der Waals surface area contributed by atoms with Gasteiger partial charge in [-0.05, 0) is 29.8 Å². The second kappa shape index (κ2) is 8.01. The smallest absolute Gasteiger partial charge is 0.412 e. The molecule has 0 saturated carbocycles. The van der Waals surface area contributed by atoms with Crippen molar-refractivity contribution in [3.05, 3.63) is 106 Å². The number of carbonyl (C=O) groups excluding carboxylic acids is 2.